The Bertz CT molecular complexity index is 964. The Balaban J connectivity index is 1.48. The lowest BCUT2D eigenvalue weighted by Crippen LogP contribution is -2.45. The first-order chi connectivity index (χ1) is 12.5. The van der Waals surface area contributed by atoms with Gasteiger partial charge in [-0.05, 0) is 38.5 Å². The van der Waals surface area contributed by atoms with E-state index >= 15 is 0 Å². The molecule has 26 heavy (non-hydrogen) atoms. The molecule has 4 rings (SSSR count). The van der Waals surface area contributed by atoms with Crippen molar-refractivity contribution in [2.45, 2.75) is 32.4 Å². The number of pyridine rings is 1. The largest absolute Gasteiger partial charge is 0.346 e. The molecule has 134 valence electrons. The Kier molecular flexibility index (Phi) is 3.90. The summed E-state index contributed by atoms with van der Waals surface area (Å²) in [5.74, 6) is -0.419. The van der Waals surface area contributed by atoms with Crippen LogP contribution in [-0.4, -0.2) is 55.7 Å². The Morgan fingerprint density at radius 2 is 2.19 bits per heavy atom. The van der Waals surface area contributed by atoms with Crippen molar-refractivity contribution in [2.24, 2.45) is 0 Å². The molecule has 0 aromatic carbocycles. The van der Waals surface area contributed by atoms with Crippen LogP contribution in [0.1, 0.15) is 40.0 Å². The molecule has 0 spiro atoms. The quantitative estimate of drug-likeness (QED) is 0.732. The number of carbonyl (C=O) groups excluding carboxylic acids is 2. The maximum Gasteiger partial charge on any atom is 0.272 e. The molecule has 9 heteroatoms. The Hall–Kier alpha value is -3.23. The number of aromatic nitrogens is 4. The number of aryl methyl sites for hydroxylation is 1. The van der Waals surface area contributed by atoms with Gasteiger partial charge in [-0.3, -0.25) is 14.7 Å². The maximum absolute atomic E-state index is 12.8. The van der Waals surface area contributed by atoms with Crippen molar-refractivity contribution in [3.8, 4) is 0 Å². The number of likely N-dealkylation sites (tertiary alicyclic amines) is 1. The zero-order chi connectivity index (χ0) is 18.3. The van der Waals surface area contributed by atoms with Gasteiger partial charge in [-0.15, -0.1) is 0 Å². The summed E-state index contributed by atoms with van der Waals surface area (Å²) in [6.45, 7) is 4.29. The van der Waals surface area contributed by atoms with Crippen LogP contribution in [0.2, 0.25) is 0 Å². The molecule has 1 saturated heterocycles. The minimum atomic E-state index is -0.231. The summed E-state index contributed by atoms with van der Waals surface area (Å²) in [4.78, 5) is 31.0. The number of nitrogens with one attached hydrogen (secondary N) is 2. The van der Waals surface area contributed by atoms with Gasteiger partial charge in [-0.25, -0.2) is 4.98 Å². The highest BCUT2D eigenvalue weighted by atomic mass is 16.5. The molecule has 3 aromatic rings. The van der Waals surface area contributed by atoms with Crippen LogP contribution in [0, 0.1) is 6.92 Å². The summed E-state index contributed by atoms with van der Waals surface area (Å²) in [5, 5.41) is 14.0. The standard InChI is InChI=1S/C17H18N6O3/c1-9-11-3-4-14(20-16(11)26-22-9)17(25)23-8-6-12(10(23)2)19-15(24)13-5-7-18-21-13/h3-5,7,10,12H,6,8H2,1-2H3,(H,18,21)(H,19,24)/t10-,12-/m1/s1. The van der Waals surface area contributed by atoms with Crippen molar-refractivity contribution in [1.82, 2.24) is 30.6 Å². The van der Waals surface area contributed by atoms with E-state index in [9.17, 15) is 9.59 Å². The monoisotopic (exact) mass is 354 g/mol. The van der Waals surface area contributed by atoms with E-state index < -0.39 is 0 Å². The number of fused-ring (bicyclic) bond motifs is 1. The smallest absolute Gasteiger partial charge is 0.272 e. The Morgan fingerprint density at radius 3 is 2.96 bits per heavy atom. The third kappa shape index (κ3) is 2.71. The third-order valence-corrected chi connectivity index (χ3v) is 4.82. The minimum absolute atomic E-state index is 0.133. The zero-order valence-corrected chi connectivity index (χ0v) is 14.4. The van der Waals surface area contributed by atoms with Crippen molar-refractivity contribution >= 4 is 22.9 Å². The molecular weight excluding hydrogens is 336 g/mol. The molecular formula is C17H18N6O3. The van der Waals surface area contributed by atoms with Gasteiger partial charge < -0.3 is 14.7 Å². The van der Waals surface area contributed by atoms with Crippen molar-refractivity contribution in [3.05, 3.63) is 41.5 Å². The van der Waals surface area contributed by atoms with E-state index in [2.05, 4.69) is 25.7 Å². The van der Waals surface area contributed by atoms with Gasteiger partial charge in [-0.2, -0.15) is 5.10 Å². The number of aromatic amines is 1. The predicted octanol–water partition coefficient (Wildman–Crippen LogP) is 1.29. The van der Waals surface area contributed by atoms with E-state index in [1.165, 1.54) is 6.20 Å². The van der Waals surface area contributed by atoms with Crippen LogP contribution in [0.25, 0.3) is 11.1 Å². The van der Waals surface area contributed by atoms with E-state index in [1.54, 1.807) is 23.1 Å². The molecule has 1 fully saturated rings. The SMILES string of the molecule is Cc1noc2nc(C(=O)N3CC[C@@H](NC(=O)c4ccn[nH]4)[C@H]3C)ccc12. The molecule has 0 radical (unpaired) electrons. The second-order valence-corrected chi connectivity index (χ2v) is 6.40. The van der Waals surface area contributed by atoms with Crippen LogP contribution < -0.4 is 5.32 Å². The molecule has 3 aromatic heterocycles. The summed E-state index contributed by atoms with van der Waals surface area (Å²) in [5.41, 5.74) is 1.79. The highest BCUT2D eigenvalue weighted by molar-refractivity contribution is 5.95. The molecule has 4 heterocycles. The third-order valence-electron chi connectivity index (χ3n) is 4.82. The van der Waals surface area contributed by atoms with E-state index in [4.69, 9.17) is 4.52 Å². The van der Waals surface area contributed by atoms with E-state index in [-0.39, 0.29) is 23.9 Å². The second-order valence-electron chi connectivity index (χ2n) is 6.40. The molecule has 2 N–H and O–H groups in total. The first-order valence-electron chi connectivity index (χ1n) is 8.39. The van der Waals surface area contributed by atoms with Crippen LogP contribution in [0.5, 0.6) is 0 Å². The van der Waals surface area contributed by atoms with Crippen LogP contribution in [0.3, 0.4) is 0 Å². The fourth-order valence-electron chi connectivity index (χ4n) is 3.26. The van der Waals surface area contributed by atoms with Crippen LogP contribution in [0.15, 0.2) is 28.9 Å². The lowest BCUT2D eigenvalue weighted by molar-refractivity contribution is 0.0723. The van der Waals surface area contributed by atoms with Crippen molar-refractivity contribution < 1.29 is 14.1 Å². The summed E-state index contributed by atoms with van der Waals surface area (Å²) >= 11 is 0. The number of nitrogens with zero attached hydrogens (tertiary/aromatic N) is 4. The number of amides is 2. The maximum atomic E-state index is 12.8. The van der Waals surface area contributed by atoms with Gasteiger partial charge >= 0.3 is 0 Å². The number of rotatable bonds is 3. The van der Waals surface area contributed by atoms with Gasteiger partial charge in [0.2, 0.25) is 0 Å². The number of H-pyrrole nitrogens is 1. The summed E-state index contributed by atoms with van der Waals surface area (Å²) in [7, 11) is 0. The van der Waals surface area contributed by atoms with Crippen LogP contribution in [0.4, 0.5) is 0 Å². The molecule has 2 atom stereocenters. The topological polar surface area (TPSA) is 117 Å². The summed E-state index contributed by atoms with van der Waals surface area (Å²) in [6, 6.07) is 4.79. The minimum Gasteiger partial charge on any atom is -0.346 e. The average Bonchev–Trinajstić information content (AvgIpc) is 3.37. The van der Waals surface area contributed by atoms with Gasteiger partial charge in [0.1, 0.15) is 11.4 Å². The van der Waals surface area contributed by atoms with Gasteiger partial charge in [0.05, 0.1) is 17.1 Å². The van der Waals surface area contributed by atoms with Crippen molar-refractivity contribution in [3.63, 3.8) is 0 Å². The van der Waals surface area contributed by atoms with Crippen LogP contribution in [-0.2, 0) is 0 Å². The lowest BCUT2D eigenvalue weighted by Gasteiger charge is -2.24. The molecule has 0 bridgehead atoms. The number of hydrogen-bond donors (Lipinski definition) is 2. The number of hydrogen-bond acceptors (Lipinski definition) is 6. The molecule has 0 unspecified atom stereocenters. The highest BCUT2D eigenvalue weighted by Crippen LogP contribution is 2.22. The molecule has 2 amide bonds. The Labute approximate surface area is 148 Å². The normalized spacial score (nSPS) is 19.8. The van der Waals surface area contributed by atoms with E-state index in [0.717, 1.165) is 11.1 Å². The van der Waals surface area contributed by atoms with Crippen molar-refractivity contribution in [2.75, 3.05) is 6.54 Å². The molecule has 1 aliphatic heterocycles. The number of carbonyl (C=O) groups is 2. The summed E-state index contributed by atoms with van der Waals surface area (Å²) < 4.78 is 5.15. The molecule has 0 aliphatic carbocycles. The fraction of sp³-hybridized carbons (Fsp3) is 0.353. The highest BCUT2D eigenvalue weighted by Gasteiger charge is 2.36. The van der Waals surface area contributed by atoms with E-state index in [0.29, 0.717) is 30.1 Å². The van der Waals surface area contributed by atoms with Crippen LogP contribution >= 0.6 is 0 Å². The average molecular weight is 354 g/mol. The lowest BCUT2D eigenvalue weighted by atomic mass is 10.1. The molecule has 9 nitrogen and oxygen atoms in total. The van der Waals surface area contributed by atoms with Gasteiger partial charge in [-0.1, -0.05) is 5.16 Å². The first kappa shape index (κ1) is 16.2. The van der Waals surface area contributed by atoms with E-state index in [1.807, 2.05) is 13.8 Å². The first-order valence-corrected chi connectivity index (χ1v) is 8.39. The predicted molar refractivity (Wildman–Crippen MR) is 91.5 cm³/mol. The van der Waals surface area contributed by atoms with Gasteiger partial charge in [0.15, 0.2) is 0 Å². The second kappa shape index (κ2) is 6.25. The van der Waals surface area contributed by atoms with Gasteiger partial charge in [0, 0.05) is 18.8 Å². The zero-order valence-electron chi connectivity index (χ0n) is 14.4. The molecule has 1 aliphatic rings. The Morgan fingerprint density at radius 1 is 1.35 bits per heavy atom. The summed E-state index contributed by atoms with van der Waals surface area (Å²) in [6.07, 6.45) is 2.20. The molecule has 0 saturated carbocycles. The van der Waals surface area contributed by atoms with Crippen molar-refractivity contribution in [1.29, 1.82) is 0 Å². The van der Waals surface area contributed by atoms with Gasteiger partial charge in [0.25, 0.3) is 17.5 Å². The fourth-order valence-corrected chi connectivity index (χ4v) is 3.26.